The van der Waals surface area contributed by atoms with Crippen LogP contribution in [-0.2, 0) is 9.59 Å². The Morgan fingerprint density at radius 3 is 2.83 bits per heavy atom. The fourth-order valence-electron chi connectivity index (χ4n) is 2.42. The molecular formula is C16H21ClN2O3S. The van der Waals surface area contributed by atoms with Gasteiger partial charge in [-0.3, -0.25) is 14.5 Å². The molecule has 1 amide bonds. The van der Waals surface area contributed by atoms with Crippen molar-refractivity contribution in [2.24, 2.45) is 5.92 Å². The lowest BCUT2D eigenvalue weighted by Crippen LogP contribution is -2.32. The van der Waals surface area contributed by atoms with Gasteiger partial charge in [-0.25, -0.2) is 0 Å². The van der Waals surface area contributed by atoms with Crippen molar-refractivity contribution in [2.45, 2.75) is 11.3 Å². The van der Waals surface area contributed by atoms with Gasteiger partial charge in [-0.15, -0.1) is 30.7 Å². The Hall–Kier alpha value is -1.50. The van der Waals surface area contributed by atoms with Crippen molar-refractivity contribution in [1.82, 2.24) is 4.90 Å². The zero-order chi connectivity index (χ0) is 15.9. The third kappa shape index (κ3) is 5.89. The maximum atomic E-state index is 12.1. The molecule has 126 valence electrons. The van der Waals surface area contributed by atoms with Crippen LogP contribution in [0.3, 0.4) is 0 Å². The van der Waals surface area contributed by atoms with Crippen LogP contribution >= 0.6 is 24.2 Å². The molecule has 5 nitrogen and oxygen atoms in total. The number of halogens is 1. The molecule has 1 fully saturated rings. The molecule has 1 aromatic carbocycles. The summed E-state index contributed by atoms with van der Waals surface area (Å²) in [6.45, 7) is 5.01. The Balaban J connectivity index is 0.00000264. The molecule has 0 aromatic heterocycles. The number of thioether (sulfide) groups is 1. The van der Waals surface area contributed by atoms with Crippen LogP contribution < -0.4 is 5.32 Å². The predicted molar refractivity (Wildman–Crippen MR) is 95.4 cm³/mol. The van der Waals surface area contributed by atoms with Crippen LogP contribution in [-0.4, -0.2) is 47.3 Å². The summed E-state index contributed by atoms with van der Waals surface area (Å²) >= 11 is 1.61. The van der Waals surface area contributed by atoms with Crippen LogP contribution in [0.1, 0.15) is 6.42 Å². The zero-order valence-corrected chi connectivity index (χ0v) is 14.4. The van der Waals surface area contributed by atoms with Gasteiger partial charge in [-0.2, -0.15) is 0 Å². The van der Waals surface area contributed by atoms with E-state index in [-0.39, 0.29) is 30.8 Å². The Bertz CT molecular complexity index is 568. The zero-order valence-electron chi connectivity index (χ0n) is 12.7. The van der Waals surface area contributed by atoms with Gasteiger partial charge in [0.15, 0.2) is 0 Å². The van der Waals surface area contributed by atoms with E-state index in [0.29, 0.717) is 19.5 Å². The number of hydrogen-bond donors (Lipinski definition) is 2. The number of carboxylic acids is 1. The maximum absolute atomic E-state index is 12.1. The number of aliphatic carboxylic acids is 1. The Kier molecular flexibility index (Phi) is 8.16. The highest BCUT2D eigenvalue weighted by Gasteiger charge is 2.28. The minimum atomic E-state index is -0.783. The largest absolute Gasteiger partial charge is 0.481 e. The Morgan fingerprint density at radius 1 is 1.43 bits per heavy atom. The van der Waals surface area contributed by atoms with Gasteiger partial charge in [0.25, 0.3) is 0 Å². The number of para-hydroxylation sites is 1. The standard InChI is InChI=1S/C16H20N2O3S.ClH/c1-2-9-22-14-6-4-3-5-13(14)17-15(19)11-18-8-7-12(10-18)16(20)21;/h2-6,12H,1,7-11H2,(H,17,19)(H,20,21);1H. The average Bonchev–Trinajstić information content (AvgIpc) is 2.95. The number of hydrogen-bond acceptors (Lipinski definition) is 4. The summed E-state index contributed by atoms with van der Waals surface area (Å²) in [6.07, 6.45) is 2.42. The van der Waals surface area contributed by atoms with Crippen molar-refractivity contribution in [3.05, 3.63) is 36.9 Å². The van der Waals surface area contributed by atoms with E-state index in [1.54, 1.807) is 11.8 Å². The molecule has 2 rings (SSSR count). The van der Waals surface area contributed by atoms with Crippen LogP contribution in [0.15, 0.2) is 41.8 Å². The van der Waals surface area contributed by atoms with Gasteiger partial charge in [0.1, 0.15) is 0 Å². The highest BCUT2D eigenvalue weighted by molar-refractivity contribution is 7.99. The van der Waals surface area contributed by atoms with Crippen LogP contribution in [0.25, 0.3) is 0 Å². The number of anilines is 1. The molecule has 0 aliphatic carbocycles. The summed E-state index contributed by atoms with van der Waals surface area (Å²) in [4.78, 5) is 26.0. The van der Waals surface area contributed by atoms with E-state index in [1.807, 2.05) is 35.2 Å². The second-order valence-corrected chi connectivity index (χ2v) is 6.26. The van der Waals surface area contributed by atoms with Gasteiger partial charge in [0, 0.05) is 17.2 Å². The summed E-state index contributed by atoms with van der Waals surface area (Å²) in [6, 6.07) is 7.64. The van der Waals surface area contributed by atoms with Gasteiger partial charge in [-0.1, -0.05) is 18.2 Å². The second-order valence-electron chi connectivity index (χ2n) is 5.20. The lowest BCUT2D eigenvalue weighted by molar-refractivity contribution is -0.141. The summed E-state index contributed by atoms with van der Waals surface area (Å²) in [5, 5.41) is 11.9. The first-order valence-electron chi connectivity index (χ1n) is 7.18. The number of likely N-dealkylation sites (tertiary alicyclic amines) is 1. The topological polar surface area (TPSA) is 69.6 Å². The molecule has 0 radical (unpaired) electrons. The van der Waals surface area contributed by atoms with Crippen molar-refractivity contribution in [3.8, 4) is 0 Å². The maximum Gasteiger partial charge on any atom is 0.307 e. The van der Waals surface area contributed by atoms with Crippen molar-refractivity contribution in [1.29, 1.82) is 0 Å². The highest BCUT2D eigenvalue weighted by Crippen LogP contribution is 2.27. The first-order chi connectivity index (χ1) is 10.6. The summed E-state index contributed by atoms with van der Waals surface area (Å²) in [5.74, 6) is -0.478. The number of nitrogens with zero attached hydrogens (tertiary/aromatic N) is 1. The molecule has 1 aliphatic rings. The molecule has 0 saturated carbocycles. The number of nitrogens with one attached hydrogen (secondary N) is 1. The molecule has 1 aliphatic heterocycles. The molecule has 2 N–H and O–H groups in total. The number of carbonyl (C=O) groups excluding carboxylic acids is 1. The molecular weight excluding hydrogens is 336 g/mol. The quantitative estimate of drug-likeness (QED) is 0.580. The summed E-state index contributed by atoms with van der Waals surface area (Å²) in [7, 11) is 0. The number of amides is 1. The number of rotatable bonds is 7. The smallest absolute Gasteiger partial charge is 0.307 e. The van der Waals surface area contributed by atoms with Crippen LogP contribution in [0.2, 0.25) is 0 Å². The normalized spacial score (nSPS) is 17.3. The van der Waals surface area contributed by atoms with Crippen molar-refractivity contribution < 1.29 is 14.7 Å². The molecule has 1 heterocycles. The fourth-order valence-corrected chi connectivity index (χ4v) is 3.16. The first-order valence-corrected chi connectivity index (χ1v) is 8.16. The van der Waals surface area contributed by atoms with E-state index in [4.69, 9.17) is 5.11 Å². The van der Waals surface area contributed by atoms with Crippen LogP contribution in [0.5, 0.6) is 0 Å². The van der Waals surface area contributed by atoms with Gasteiger partial charge < -0.3 is 10.4 Å². The van der Waals surface area contributed by atoms with Crippen molar-refractivity contribution in [2.75, 3.05) is 30.7 Å². The average molecular weight is 357 g/mol. The monoisotopic (exact) mass is 356 g/mol. The molecule has 7 heteroatoms. The molecule has 0 spiro atoms. The third-order valence-electron chi connectivity index (χ3n) is 3.51. The number of carboxylic acid groups (broad SMARTS) is 1. The van der Waals surface area contributed by atoms with E-state index in [1.165, 1.54) is 0 Å². The lowest BCUT2D eigenvalue weighted by atomic mass is 10.1. The third-order valence-corrected chi connectivity index (χ3v) is 4.58. The van der Waals surface area contributed by atoms with E-state index < -0.39 is 5.97 Å². The van der Waals surface area contributed by atoms with Gasteiger partial charge in [0.2, 0.25) is 5.91 Å². The summed E-state index contributed by atoms with van der Waals surface area (Å²) in [5.41, 5.74) is 0.785. The lowest BCUT2D eigenvalue weighted by Gasteiger charge is -2.16. The minimum Gasteiger partial charge on any atom is -0.481 e. The van der Waals surface area contributed by atoms with E-state index >= 15 is 0 Å². The second kappa shape index (κ2) is 9.60. The highest BCUT2D eigenvalue weighted by atomic mass is 35.5. The van der Waals surface area contributed by atoms with Gasteiger partial charge in [0.05, 0.1) is 18.2 Å². The number of benzene rings is 1. The summed E-state index contributed by atoms with van der Waals surface area (Å²) < 4.78 is 0. The molecule has 1 saturated heterocycles. The van der Waals surface area contributed by atoms with Crippen molar-refractivity contribution >= 4 is 41.7 Å². The predicted octanol–water partition coefficient (Wildman–Crippen LogP) is 2.73. The van der Waals surface area contributed by atoms with Crippen LogP contribution in [0.4, 0.5) is 5.69 Å². The molecule has 23 heavy (non-hydrogen) atoms. The Labute approximate surface area is 146 Å². The molecule has 1 atom stereocenters. The fraction of sp³-hybridized carbons (Fsp3) is 0.375. The van der Waals surface area contributed by atoms with E-state index in [9.17, 15) is 9.59 Å². The van der Waals surface area contributed by atoms with Crippen molar-refractivity contribution in [3.63, 3.8) is 0 Å². The molecule has 1 unspecified atom stereocenters. The molecule has 0 bridgehead atoms. The first kappa shape index (κ1) is 19.5. The van der Waals surface area contributed by atoms with E-state index in [0.717, 1.165) is 16.3 Å². The van der Waals surface area contributed by atoms with E-state index in [2.05, 4.69) is 11.9 Å². The number of carbonyl (C=O) groups is 2. The van der Waals surface area contributed by atoms with Gasteiger partial charge in [-0.05, 0) is 25.1 Å². The molecule has 1 aromatic rings. The SMILES string of the molecule is C=CCSc1ccccc1NC(=O)CN1CCC(C(=O)O)C1.Cl. The Morgan fingerprint density at radius 2 is 2.17 bits per heavy atom. The minimum absolute atomic E-state index is 0. The van der Waals surface area contributed by atoms with Crippen LogP contribution in [0, 0.1) is 5.92 Å². The van der Waals surface area contributed by atoms with Gasteiger partial charge >= 0.3 is 5.97 Å².